The molecule has 1 aliphatic heterocycles. The Bertz CT molecular complexity index is 542. The third kappa shape index (κ3) is 3.69. The molecule has 124 valence electrons. The summed E-state index contributed by atoms with van der Waals surface area (Å²) in [6, 6.07) is 0.146. The number of nitrogens with zero attached hydrogens (tertiary/aromatic N) is 1. The zero-order valence-electron chi connectivity index (χ0n) is 14.8. The predicted molar refractivity (Wildman–Crippen MR) is 87.1 cm³/mol. The van der Waals surface area contributed by atoms with Crippen LogP contribution in [0.2, 0.25) is 0 Å². The molecule has 5 heteroatoms. The number of aryl methyl sites for hydroxylation is 1. The van der Waals surface area contributed by atoms with Crippen molar-refractivity contribution in [2.24, 2.45) is 0 Å². The summed E-state index contributed by atoms with van der Waals surface area (Å²) in [7, 11) is 0. The second-order valence-corrected chi connectivity index (χ2v) is 8.13. The Balaban J connectivity index is 2.17. The molecule has 0 radical (unpaired) electrons. The summed E-state index contributed by atoms with van der Waals surface area (Å²) in [5.41, 5.74) is 1.27. The van der Waals surface area contributed by atoms with E-state index in [1.54, 1.807) is 0 Å². The van der Waals surface area contributed by atoms with Crippen molar-refractivity contribution in [1.82, 2.24) is 15.8 Å². The van der Waals surface area contributed by atoms with Gasteiger partial charge in [0.25, 0.3) is 5.91 Å². The first-order valence-corrected chi connectivity index (χ1v) is 8.07. The Kier molecular flexibility index (Phi) is 4.39. The lowest BCUT2D eigenvalue weighted by Gasteiger charge is -2.46. The van der Waals surface area contributed by atoms with Crippen LogP contribution >= 0.6 is 0 Å². The summed E-state index contributed by atoms with van der Waals surface area (Å²) in [6.45, 7) is 14.5. The number of nitrogens with one attached hydrogen (secondary N) is 2. The van der Waals surface area contributed by atoms with E-state index in [0.717, 1.165) is 12.8 Å². The molecule has 22 heavy (non-hydrogen) atoms. The van der Waals surface area contributed by atoms with E-state index in [1.807, 2.05) is 20.8 Å². The number of carbonyl (C=O) groups excluding carboxylic acids is 1. The van der Waals surface area contributed by atoms with Crippen LogP contribution in [-0.2, 0) is 0 Å². The Labute approximate surface area is 133 Å². The lowest BCUT2D eigenvalue weighted by atomic mass is 9.79. The quantitative estimate of drug-likeness (QED) is 0.900. The predicted octanol–water partition coefficient (Wildman–Crippen LogP) is 3.15. The largest absolute Gasteiger partial charge is 0.360 e. The molecule has 1 fully saturated rings. The van der Waals surface area contributed by atoms with Gasteiger partial charge >= 0.3 is 0 Å². The monoisotopic (exact) mass is 307 g/mol. The number of piperidine rings is 1. The van der Waals surface area contributed by atoms with Crippen molar-refractivity contribution in [2.45, 2.75) is 84.3 Å². The third-order valence-corrected chi connectivity index (χ3v) is 4.17. The van der Waals surface area contributed by atoms with Crippen molar-refractivity contribution in [1.29, 1.82) is 0 Å². The lowest BCUT2D eigenvalue weighted by Crippen LogP contribution is -2.62. The maximum Gasteiger partial charge on any atom is 0.257 e. The van der Waals surface area contributed by atoms with Gasteiger partial charge in [0.1, 0.15) is 5.56 Å². The summed E-state index contributed by atoms with van der Waals surface area (Å²) in [5, 5.41) is 10.8. The highest BCUT2D eigenvalue weighted by atomic mass is 16.5. The van der Waals surface area contributed by atoms with Crippen LogP contribution in [0.4, 0.5) is 0 Å². The maximum atomic E-state index is 12.7. The molecule has 0 atom stereocenters. The average molecular weight is 307 g/mol. The molecule has 0 saturated carbocycles. The number of carbonyl (C=O) groups is 1. The van der Waals surface area contributed by atoms with Crippen LogP contribution in [0.5, 0.6) is 0 Å². The van der Waals surface area contributed by atoms with Gasteiger partial charge in [-0.15, -0.1) is 0 Å². The SMILES string of the molecule is Cc1noc(C(C)C)c1C(=O)NC1CC(C)(C)NC(C)(C)C1. The van der Waals surface area contributed by atoms with E-state index in [-0.39, 0.29) is 28.9 Å². The van der Waals surface area contributed by atoms with Gasteiger partial charge in [-0.05, 0) is 47.5 Å². The highest BCUT2D eigenvalue weighted by Crippen LogP contribution is 2.29. The van der Waals surface area contributed by atoms with Crippen molar-refractivity contribution in [3.05, 3.63) is 17.0 Å². The van der Waals surface area contributed by atoms with Crippen molar-refractivity contribution in [2.75, 3.05) is 0 Å². The summed E-state index contributed by atoms with van der Waals surface area (Å²) < 4.78 is 5.33. The fourth-order valence-corrected chi connectivity index (χ4v) is 3.74. The van der Waals surface area contributed by atoms with Gasteiger partial charge in [0.15, 0.2) is 5.76 Å². The minimum absolute atomic E-state index is 0.00423. The molecule has 0 aromatic carbocycles. The van der Waals surface area contributed by atoms with Gasteiger partial charge in [-0.25, -0.2) is 0 Å². The first-order valence-electron chi connectivity index (χ1n) is 8.07. The molecule has 2 rings (SSSR count). The summed E-state index contributed by atoms with van der Waals surface area (Å²) in [6.07, 6.45) is 1.81. The van der Waals surface area contributed by atoms with Crippen LogP contribution in [0.1, 0.15) is 82.1 Å². The molecule has 0 bridgehead atoms. The molecule has 1 amide bonds. The molecule has 2 heterocycles. The van der Waals surface area contributed by atoms with Crippen molar-refractivity contribution >= 4 is 5.91 Å². The topological polar surface area (TPSA) is 67.2 Å². The third-order valence-electron chi connectivity index (χ3n) is 4.17. The fraction of sp³-hybridized carbons (Fsp3) is 0.765. The number of hydrogen-bond acceptors (Lipinski definition) is 4. The molecule has 2 N–H and O–H groups in total. The molecular weight excluding hydrogens is 278 g/mol. The summed E-state index contributed by atoms with van der Waals surface area (Å²) >= 11 is 0. The minimum Gasteiger partial charge on any atom is -0.360 e. The highest BCUT2D eigenvalue weighted by molar-refractivity contribution is 5.96. The molecule has 5 nitrogen and oxygen atoms in total. The van der Waals surface area contributed by atoms with E-state index in [0.29, 0.717) is 17.0 Å². The van der Waals surface area contributed by atoms with Crippen molar-refractivity contribution in [3.8, 4) is 0 Å². The first-order chi connectivity index (χ1) is 10.0. The van der Waals surface area contributed by atoms with E-state index in [9.17, 15) is 4.79 Å². The van der Waals surface area contributed by atoms with Gasteiger partial charge in [0, 0.05) is 23.0 Å². The average Bonchev–Trinajstić information content (AvgIpc) is 2.66. The smallest absolute Gasteiger partial charge is 0.257 e. The van der Waals surface area contributed by atoms with Gasteiger partial charge in [-0.2, -0.15) is 0 Å². The van der Waals surface area contributed by atoms with Crippen LogP contribution in [0.25, 0.3) is 0 Å². The van der Waals surface area contributed by atoms with Gasteiger partial charge in [-0.1, -0.05) is 19.0 Å². The molecule has 0 aliphatic carbocycles. The molecule has 0 unspecified atom stereocenters. The molecule has 1 saturated heterocycles. The Hall–Kier alpha value is -1.36. The summed E-state index contributed by atoms with van der Waals surface area (Å²) in [5.74, 6) is 0.742. The summed E-state index contributed by atoms with van der Waals surface area (Å²) in [4.78, 5) is 12.7. The van der Waals surface area contributed by atoms with Gasteiger partial charge in [0.05, 0.1) is 5.69 Å². The van der Waals surface area contributed by atoms with Crippen molar-refractivity contribution in [3.63, 3.8) is 0 Å². The van der Waals surface area contributed by atoms with E-state index in [4.69, 9.17) is 4.52 Å². The number of rotatable bonds is 3. The number of aromatic nitrogens is 1. The van der Waals surface area contributed by atoms with Crippen LogP contribution in [0.3, 0.4) is 0 Å². The molecule has 1 aliphatic rings. The van der Waals surface area contributed by atoms with Crippen molar-refractivity contribution < 1.29 is 9.32 Å². The van der Waals surface area contributed by atoms with Crippen LogP contribution < -0.4 is 10.6 Å². The minimum atomic E-state index is -0.0686. The van der Waals surface area contributed by atoms with E-state index in [1.165, 1.54) is 0 Å². The van der Waals surface area contributed by atoms with Crippen LogP contribution in [-0.4, -0.2) is 28.2 Å². The lowest BCUT2D eigenvalue weighted by molar-refractivity contribution is 0.0870. The molecule has 0 spiro atoms. The standard InChI is InChI=1S/C17H29N3O2/c1-10(2)14-13(11(3)19-22-14)15(21)18-12-8-16(4,5)20-17(6,7)9-12/h10,12,20H,8-9H2,1-7H3,(H,18,21). The molecule has 1 aromatic rings. The molecule has 1 aromatic heterocycles. The zero-order chi connectivity index (χ0) is 16.7. The highest BCUT2D eigenvalue weighted by Gasteiger charge is 2.38. The zero-order valence-corrected chi connectivity index (χ0v) is 14.8. The van der Waals surface area contributed by atoms with Gasteiger partial charge in [0.2, 0.25) is 0 Å². The second kappa shape index (κ2) is 5.69. The second-order valence-electron chi connectivity index (χ2n) is 8.13. The Morgan fingerprint density at radius 1 is 1.27 bits per heavy atom. The fourth-order valence-electron chi connectivity index (χ4n) is 3.74. The normalized spacial score (nSPS) is 21.1. The molecular formula is C17H29N3O2. The number of hydrogen-bond donors (Lipinski definition) is 2. The number of amides is 1. The van der Waals surface area contributed by atoms with Gasteiger partial charge in [-0.3, -0.25) is 4.79 Å². The van der Waals surface area contributed by atoms with Gasteiger partial charge < -0.3 is 15.2 Å². The van der Waals surface area contributed by atoms with E-state index < -0.39 is 0 Å². The Morgan fingerprint density at radius 2 is 1.82 bits per heavy atom. The van der Waals surface area contributed by atoms with E-state index >= 15 is 0 Å². The Morgan fingerprint density at radius 3 is 2.32 bits per heavy atom. The maximum absolute atomic E-state index is 12.7. The van der Waals surface area contributed by atoms with Crippen LogP contribution in [0.15, 0.2) is 4.52 Å². The van der Waals surface area contributed by atoms with Crippen LogP contribution in [0, 0.1) is 6.92 Å². The first kappa shape index (κ1) is 17.0. The van der Waals surface area contributed by atoms with E-state index in [2.05, 4.69) is 43.5 Å².